The van der Waals surface area contributed by atoms with E-state index in [9.17, 15) is 0 Å². The molecule has 0 radical (unpaired) electrons. The van der Waals surface area contributed by atoms with Crippen LogP contribution in [0.5, 0.6) is 0 Å². The summed E-state index contributed by atoms with van der Waals surface area (Å²) in [6, 6.07) is 2.02. The average Bonchev–Trinajstić information content (AvgIpc) is 2.04. The fourth-order valence-electron chi connectivity index (χ4n) is 1.94. The van der Waals surface area contributed by atoms with Crippen molar-refractivity contribution < 1.29 is 0 Å². The van der Waals surface area contributed by atoms with Crippen LogP contribution < -0.4 is 5.73 Å². The molecule has 1 aliphatic carbocycles. The summed E-state index contributed by atoms with van der Waals surface area (Å²) in [5, 5.41) is 0. The highest BCUT2D eigenvalue weighted by atomic mass is 35.5. The first-order chi connectivity index (χ1) is 5.77. The molecule has 1 aromatic heterocycles. The molecular formula is C10H15ClN2. The predicted octanol–water partition coefficient (Wildman–Crippen LogP) is 2.53. The summed E-state index contributed by atoms with van der Waals surface area (Å²) in [6.07, 6.45) is 5.69. The van der Waals surface area contributed by atoms with Crippen LogP contribution in [0.4, 0.5) is 5.82 Å². The lowest BCUT2D eigenvalue weighted by atomic mass is 9.85. The van der Waals surface area contributed by atoms with E-state index >= 15 is 0 Å². The minimum Gasteiger partial charge on any atom is -0.384 e. The van der Waals surface area contributed by atoms with Crippen molar-refractivity contribution in [3.05, 3.63) is 23.4 Å². The number of anilines is 1. The monoisotopic (exact) mass is 198 g/mol. The molecule has 1 heterocycles. The second kappa shape index (κ2) is 3.97. The van der Waals surface area contributed by atoms with Crippen LogP contribution in [0.25, 0.3) is 0 Å². The van der Waals surface area contributed by atoms with E-state index in [4.69, 9.17) is 5.73 Å². The lowest BCUT2D eigenvalue weighted by Crippen LogP contribution is -2.08. The number of pyridine rings is 1. The fourth-order valence-corrected chi connectivity index (χ4v) is 1.94. The molecule has 0 amide bonds. The summed E-state index contributed by atoms with van der Waals surface area (Å²) in [4.78, 5) is 4.12. The normalized spacial score (nSPS) is 20.2. The van der Waals surface area contributed by atoms with Crippen molar-refractivity contribution in [3.8, 4) is 0 Å². The van der Waals surface area contributed by atoms with Crippen LogP contribution in [-0.2, 0) is 6.42 Å². The van der Waals surface area contributed by atoms with Gasteiger partial charge in [-0.1, -0.05) is 6.92 Å². The molecule has 13 heavy (non-hydrogen) atoms. The van der Waals surface area contributed by atoms with Gasteiger partial charge in [-0.05, 0) is 42.4 Å². The Bertz CT molecular complexity index is 299. The quantitative estimate of drug-likeness (QED) is 0.696. The van der Waals surface area contributed by atoms with Crippen LogP contribution in [0.3, 0.4) is 0 Å². The van der Waals surface area contributed by atoms with Crippen molar-refractivity contribution in [3.63, 3.8) is 0 Å². The molecule has 0 aliphatic heterocycles. The number of halogens is 1. The summed E-state index contributed by atoms with van der Waals surface area (Å²) in [5.74, 6) is 1.32. The molecule has 2 nitrogen and oxygen atoms in total. The van der Waals surface area contributed by atoms with Crippen molar-refractivity contribution in [1.82, 2.24) is 4.98 Å². The predicted molar refractivity (Wildman–Crippen MR) is 57.3 cm³/mol. The number of nitrogens with two attached hydrogens (primary N) is 1. The van der Waals surface area contributed by atoms with Gasteiger partial charge in [0.25, 0.3) is 0 Å². The molecule has 0 spiro atoms. The number of nitrogens with zero attached hydrogens (tertiary/aromatic N) is 1. The molecule has 2 N–H and O–H groups in total. The Hall–Kier alpha value is -0.760. The van der Waals surface area contributed by atoms with E-state index in [1.807, 2.05) is 12.3 Å². The molecule has 0 aromatic carbocycles. The Morgan fingerprint density at radius 2 is 2.31 bits per heavy atom. The van der Waals surface area contributed by atoms with Crippen molar-refractivity contribution in [2.75, 3.05) is 5.73 Å². The minimum atomic E-state index is 0. The molecule has 1 aliphatic rings. The number of hydrogen-bond donors (Lipinski definition) is 1. The summed E-state index contributed by atoms with van der Waals surface area (Å²) in [5.41, 5.74) is 8.42. The number of aromatic nitrogens is 1. The Balaban J connectivity index is 0.000000845. The SMILES string of the molecule is CC1CCCc2cc(N)ncc21.Cl. The molecule has 0 fully saturated rings. The Morgan fingerprint density at radius 3 is 3.08 bits per heavy atom. The maximum atomic E-state index is 5.62. The first-order valence-corrected chi connectivity index (χ1v) is 4.51. The summed E-state index contributed by atoms with van der Waals surface area (Å²) < 4.78 is 0. The fraction of sp³-hybridized carbons (Fsp3) is 0.500. The van der Waals surface area contributed by atoms with Gasteiger partial charge < -0.3 is 5.73 Å². The highest BCUT2D eigenvalue weighted by Gasteiger charge is 2.16. The third kappa shape index (κ3) is 1.94. The van der Waals surface area contributed by atoms with E-state index in [1.54, 1.807) is 0 Å². The summed E-state index contributed by atoms with van der Waals surface area (Å²) in [7, 11) is 0. The van der Waals surface area contributed by atoms with E-state index in [0.717, 1.165) is 0 Å². The van der Waals surface area contributed by atoms with E-state index in [2.05, 4.69) is 11.9 Å². The third-order valence-electron chi connectivity index (χ3n) is 2.66. The number of nitrogen functional groups attached to an aromatic ring is 1. The van der Waals surface area contributed by atoms with Gasteiger partial charge in [-0.2, -0.15) is 0 Å². The van der Waals surface area contributed by atoms with Crippen LogP contribution in [0.15, 0.2) is 12.3 Å². The molecule has 1 unspecified atom stereocenters. The van der Waals surface area contributed by atoms with Crippen molar-refractivity contribution >= 4 is 18.2 Å². The van der Waals surface area contributed by atoms with Crippen LogP contribution in [0.1, 0.15) is 36.8 Å². The topological polar surface area (TPSA) is 38.9 Å². The van der Waals surface area contributed by atoms with Crippen LogP contribution in [0.2, 0.25) is 0 Å². The second-order valence-corrected chi connectivity index (χ2v) is 3.60. The van der Waals surface area contributed by atoms with Gasteiger partial charge in [0, 0.05) is 6.20 Å². The van der Waals surface area contributed by atoms with E-state index in [0.29, 0.717) is 11.7 Å². The zero-order valence-electron chi connectivity index (χ0n) is 7.79. The van der Waals surface area contributed by atoms with Gasteiger partial charge in [-0.3, -0.25) is 0 Å². The zero-order chi connectivity index (χ0) is 8.55. The van der Waals surface area contributed by atoms with Crippen LogP contribution in [0, 0.1) is 0 Å². The Labute approximate surface area is 85.0 Å². The largest absolute Gasteiger partial charge is 0.384 e. The maximum Gasteiger partial charge on any atom is 0.123 e. The van der Waals surface area contributed by atoms with Crippen LogP contribution >= 0.6 is 12.4 Å². The molecule has 2 rings (SSSR count). The molecule has 0 saturated heterocycles. The summed E-state index contributed by atoms with van der Waals surface area (Å²) in [6.45, 7) is 2.26. The first kappa shape index (κ1) is 10.3. The minimum absolute atomic E-state index is 0. The van der Waals surface area contributed by atoms with Crippen molar-refractivity contribution in [2.24, 2.45) is 0 Å². The number of hydrogen-bond acceptors (Lipinski definition) is 2. The zero-order valence-corrected chi connectivity index (χ0v) is 8.60. The number of aryl methyl sites for hydroxylation is 1. The van der Waals surface area contributed by atoms with E-state index in [1.165, 1.54) is 30.4 Å². The third-order valence-corrected chi connectivity index (χ3v) is 2.66. The van der Waals surface area contributed by atoms with Crippen molar-refractivity contribution in [2.45, 2.75) is 32.1 Å². The van der Waals surface area contributed by atoms with E-state index < -0.39 is 0 Å². The van der Waals surface area contributed by atoms with Gasteiger partial charge in [-0.15, -0.1) is 12.4 Å². The second-order valence-electron chi connectivity index (χ2n) is 3.60. The number of fused-ring (bicyclic) bond motifs is 1. The van der Waals surface area contributed by atoms with Gasteiger partial charge in [0.2, 0.25) is 0 Å². The van der Waals surface area contributed by atoms with Crippen molar-refractivity contribution in [1.29, 1.82) is 0 Å². The van der Waals surface area contributed by atoms with Gasteiger partial charge in [0.15, 0.2) is 0 Å². The molecule has 1 atom stereocenters. The smallest absolute Gasteiger partial charge is 0.123 e. The van der Waals surface area contributed by atoms with Gasteiger partial charge in [0.1, 0.15) is 5.82 Å². The highest BCUT2D eigenvalue weighted by molar-refractivity contribution is 5.85. The molecule has 1 aromatic rings. The van der Waals surface area contributed by atoms with Crippen LogP contribution in [-0.4, -0.2) is 4.98 Å². The van der Waals surface area contributed by atoms with E-state index in [-0.39, 0.29) is 12.4 Å². The molecular weight excluding hydrogens is 184 g/mol. The molecule has 0 bridgehead atoms. The first-order valence-electron chi connectivity index (χ1n) is 4.51. The maximum absolute atomic E-state index is 5.62. The van der Waals surface area contributed by atoms with Gasteiger partial charge >= 0.3 is 0 Å². The summed E-state index contributed by atoms with van der Waals surface area (Å²) >= 11 is 0. The van der Waals surface area contributed by atoms with Gasteiger partial charge in [0.05, 0.1) is 0 Å². The average molecular weight is 199 g/mol. The highest BCUT2D eigenvalue weighted by Crippen LogP contribution is 2.30. The van der Waals surface area contributed by atoms with Gasteiger partial charge in [-0.25, -0.2) is 4.98 Å². The molecule has 0 saturated carbocycles. The molecule has 72 valence electrons. The Morgan fingerprint density at radius 1 is 1.54 bits per heavy atom. The lowest BCUT2D eigenvalue weighted by Gasteiger charge is -2.21. The lowest BCUT2D eigenvalue weighted by molar-refractivity contribution is 0.588. The molecule has 3 heteroatoms. The Kier molecular flexibility index (Phi) is 3.15. The number of rotatable bonds is 0. The standard InChI is InChI=1S/C10H14N2.ClH/c1-7-3-2-4-8-5-10(11)12-6-9(7)8;/h5-7H,2-4H2,1H3,(H2,11,12);1H.